The summed E-state index contributed by atoms with van der Waals surface area (Å²) in [6.45, 7) is 12.4. The highest BCUT2D eigenvalue weighted by Crippen LogP contribution is 2.16. The number of esters is 1. The first kappa shape index (κ1) is 20.7. The minimum Gasteiger partial charge on any atom is -0.469 e. The first-order chi connectivity index (χ1) is 11.5. The topological polar surface area (TPSA) is 75.2 Å². The highest BCUT2D eigenvalue weighted by molar-refractivity contribution is 5.79. The molecule has 140 valence electrons. The van der Waals surface area contributed by atoms with E-state index in [1.807, 2.05) is 0 Å². The fraction of sp³-hybridized carbons (Fsp3) is 0.882. The second-order valence-corrected chi connectivity index (χ2v) is 6.57. The van der Waals surface area contributed by atoms with Crippen LogP contribution in [0.1, 0.15) is 40.0 Å². The Morgan fingerprint density at radius 1 is 1.25 bits per heavy atom. The standard InChI is InChI=1S/C17H34N4O3/c1-5-18-16(19-9-7-6-8-15(22)23-4)20-14-17(2,3)21-10-12-24-13-11-21/h5-14H2,1-4H3,(H2,18,19,20). The number of hydrogen-bond donors (Lipinski definition) is 2. The van der Waals surface area contributed by atoms with E-state index in [1.54, 1.807) is 0 Å². The molecule has 2 N–H and O–H groups in total. The molecule has 0 atom stereocenters. The second kappa shape index (κ2) is 11.3. The van der Waals surface area contributed by atoms with Crippen LogP contribution < -0.4 is 10.6 Å². The summed E-state index contributed by atoms with van der Waals surface area (Å²) in [4.78, 5) is 18.2. The summed E-state index contributed by atoms with van der Waals surface area (Å²) < 4.78 is 10.1. The van der Waals surface area contributed by atoms with Gasteiger partial charge in [0.05, 0.1) is 26.9 Å². The maximum Gasteiger partial charge on any atom is 0.305 e. The molecule has 1 fully saturated rings. The van der Waals surface area contributed by atoms with Crippen LogP contribution in [-0.4, -0.2) is 75.4 Å². The molecule has 7 heteroatoms. The summed E-state index contributed by atoms with van der Waals surface area (Å²) >= 11 is 0. The summed E-state index contributed by atoms with van der Waals surface area (Å²) in [7, 11) is 1.42. The van der Waals surface area contributed by atoms with Gasteiger partial charge in [0.25, 0.3) is 0 Å². The molecule has 0 saturated carbocycles. The van der Waals surface area contributed by atoms with Crippen LogP contribution in [0.25, 0.3) is 0 Å². The summed E-state index contributed by atoms with van der Waals surface area (Å²) in [6.07, 6.45) is 2.20. The Kier molecular flexibility index (Phi) is 9.71. The van der Waals surface area contributed by atoms with E-state index in [0.29, 0.717) is 6.42 Å². The summed E-state index contributed by atoms with van der Waals surface area (Å²) in [6, 6.07) is 0. The zero-order valence-electron chi connectivity index (χ0n) is 15.7. The lowest BCUT2D eigenvalue weighted by Crippen LogP contribution is -2.52. The quantitative estimate of drug-likeness (QED) is 0.282. The van der Waals surface area contributed by atoms with E-state index in [4.69, 9.17) is 9.73 Å². The van der Waals surface area contributed by atoms with Gasteiger partial charge < -0.3 is 20.1 Å². The van der Waals surface area contributed by atoms with Gasteiger partial charge in [-0.2, -0.15) is 0 Å². The third kappa shape index (κ3) is 7.97. The van der Waals surface area contributed by atoms with Crippen molar-refractivity contribution in [1.29, 1.82) is 0 Å². The van der Waals surface area contributed by atoms with Crippen LogP contribution in [0.2, 0.25) is 0 Å². The van der Waals surface area contributed by atoms with Gasteiger partial charge in [-0.1, -0.05) is 0 Å². The number of methoxy groups -OCH3 is 1. The summed E-state index contributed by atoms with van der Waals surface area (Å²) in [5.41, 5.74) is 0.0109. The molecule has 0 spiro atoms. The van der Waals surface area contributed by atoms with Crippen molar-refractivity contribution in [3.8, 4) is 0 Å². The number of guanidine groups is 1. The number of aliphatic imine (C=N–C) groups is 1. The third-order valence-corrected chi connectivity index (χ3v) is 4.16. The minimum absolute atomic E-state index is 0.0109. The van der Waals surface area contributed by atoms with E-state index in [2.05, 4.69) is 41.0 Å². The van der Waals surface area contributed by atoms with E-state index in [9.17, 15) is 4.79 Å². The maximum absolute atomic E-state index is 11.1. The molecule has 0 aromatic carbocycles. The number of ether oxygens (including phenoxy) is 2. The molecule has 7 nitrogen and oxygen atoms in total. The number of hydrogen-bond acceptors (Lipinski definition) is 5. The fourth-order valence-electron chi connectivity index (χ4n) is 2.59. The van der Waals surface area contributed by atoms with Crippen molar-refractivity contribution in [3.05, 3.63) is 0 Å². The molecular weight excluding hydrogens is 308 g/mol. The lowest BCUT2D eigenvalue weighted by atomic mass is 10.0. The minimum atomic E-state index is -0.150. The van der Waals surface area contributed by atoms with Gasteiger partial charge in [-0.15, -0.1) is 0 Å². The number of carbonyl (C=O) groups is 1. The van der Waals surface area contributed by atoms with Crippen LogP contribution in [0.4, 0.5) is 0 Å². The smallest absolute Gasteiger partial charge is 0.305 e. The van der Waals surface area contributed by atoms with Gasteiger partial charge in [0.1, 0.15) is 0 Å². The van der Waals surface area contributed by atoms with Gasteiger partial charge >= 0.3 is 5.97 Å². The number of carbonyl (C=O) groups excluding carboxylic acids is 1. The number of unbranched alkanes of at least 4 members (excludes halogenated alkanes) is 1. The predicted molar refractivity (Wildman–Crippen MR) is 96.3 cm³/mol. The van der Waals surface area contributed by atoms with Crippen molar-refractivity contribution in [2.24, 2.45) is 4.99 Å². The van der Waals surface area contributed by atoms with Crippen molar-refractivity contribution < 1.29 is 14.3 Å². The second-order valence-electron chi connectivity index (χ2n) is 6.57. The van der Waals surface area contributed by atoms with Crippen molar-refractivity contribution in [2.45, 2.75) is 45.6 Å². The van der Waals surface area contributed by atoms with Crippen LogP contribution >= 0.6 is 0 Å². The highest BCUT2D eigenvalue weighted by Gasteiger charge is 2.27. The molecule has 1 aliphatic rings. The first-order valence-corrected chi connectivity index (χ1v) is 8.91. The lowest BCUT2D eigenvalue weighted by Gasteiger charge is -2.39. The van der Waals surface area contributed by atoms with Gasteiger partial charge in [-0.3, -0.25) is 14.7 Å². The largest absolute Gasteiger partial charge is 0.469 e. The Labute approximate surface area is 146 Å². The number of morpholine rings is 1. The predicted octanol–water partition coefficient (Wildman–Crippen LogP) is 0.996. The molecule has 0 radical (unpaired) electrons. The molecule has 24 heavy (non-hydrogen) atoms. The molecular formula is C17H34N4O3. The number of nitrogens with zero attached hydrogens (tertiary/aromatic N) is 2. The molecule has 0 bridgehead atoms. The van der Waals surface area contributed by atoms with Crippen molar-refractivity contribution in [2.75, 3.05) is 53.0 Å². The zero-order chi connectivity index (χ0) is 17.8. The molecule has 1 rings (SSSR count). The van der Waals surface area contributed by atoms with Gasteiger partial charge in [-0.05, 0) is 33.6 Å². The maximum atomic E-state index is 11.1. The van der Waals surface area contributed by atoms with Crippen LogP contribution in [0.3, 0.4) is 0 Å². The van der Waals surface area contributed by atoms with E-state index >= 15 is 0 Å². The molecule has 0 aromatic rings. The number of nitrogens with one attached hydrogen (secondary N) is 2. The van der Waals surface area contributed by atoms with Crippen LogP contribution in [0.5, 0.6) is 0 Å². The van der Waals surface area contributed by atoms with Crippen LogP contribution in [-0.2, 0) is 14.3 Å². The van der Waals surface area contributed by atoms with Crippen molar-refractivity contribution in [1.82, 2.24) is 15.5 Å². The van der Waals surface area contributed by atoms with Crippen LogP contribution in [0.15, 0.2) is 4.99 Å². The molecule has 0 amide bonds. The summed E-state index contributed by atoms with van der Waals surface area (Å²) in [5, 5.41) is 6.60. The van der Waals surface area contributed by atoms with Crippen molar-refractivity contribution in [3.63, 3.8) is 0 Å². The van der Waals surface area contributed by atoms with Crippen molar-refractivity contribution >= 4 is 11.9 Å². The molecule has 0 aromatic heterocycles. The molecule has 0 unspecified atom stereocenters. The lowest BCUT2D eigenvalue weighted by molar-refractivity contribution is -0.140. The Balaban J connectivity index is 2.39. The Bertz CT molecular complexity index is 393. The summed E-state index contributed by atoms with van der Waals surface area (Å²) in [5.74, 6) is 0.680. The number of rotatable bonds is 9. The molecule has 1 saturated heterocycles. The first-order valence-electron chi connectivity index (χ1n) is 8.91. The fourth-order valence-corrected chi connectivity index (χ4v) is 2.59. The van der Waals surface area contributed by atoms with E-state index in [-0.39, 0.29) is 11.5 Å². The van der Waals surface area contributed by atoms with E-state index in [1.165, 1.54) is 7.11 Å². The van der Waals surface area contributed by atoms with E-state index in [0.717, 1.165) is 64.7 Å². The molecule has 0 aliphatic carbocycles. The Morgan fingerprint density at radius 3 is 2.58 bits per heavy atom. The average Bonchev–Trinajstić information content (AvgIpc) is 2.59. The average molecular weight is 342 g/mol. The SMILES string of the molecule is CCNC(=NCC(C)(C)N1CCOCC1)NCCCCC(=O)OC. The van der Waals surface area contributed by atoms with Gasteiger partial charge in [0, 0.05) is 38.1 Å². The normalized spacial score (nSPS) is 16.8. The van der Waals surface area contributed by atoms with Gasteiger partial charge in [-0.25, -0.2) is 0 Å². The Morgan fingerprint density at radius 2 is 1.96 bits per heavy atom. The van der Waals surface area contributed by atoms with Gasteiger partial charge in [0.15, 0.2) is 5.96 Å². The van der Waals surface area contributed by atoms with Gasteiger partial charge in [0.2, 0.25) is 0 Å². The molecule has 1 aliphatic heterocycles. The molecule has 1 heterocycles. The van der Waals surface area contributed by atoms with E-state index < -0.39 is 0 Å². The zero-order valence-corrected chi connectivity index (χ0v) is 15.7. The Hall–Kier alpha value is -1.34. The highest BCUT2D eigenvalue weighted by atomic mass is 16.5. The third-order valence-electron chi connectivity index (χ3n) is 4.16. The monoisotopic (exact) mass is 342 g/mol. The van der Waals surface area contributed by atoms with Crippen LogP contribution in [0, 0.1) is 0 Å².